The SMILES string of the molecule is CC(C)(C)OC(=O)CNC1CCC(CCC(=O)O)CC1. The fourth-order valence-electron chi connectivity index (χ4n) is 2.59. The molecule has 0 aromatic carbocycles. The van der Waals surface area contributed by atoms with Gasteiger partial charge in [0.25, 0.3) is 0 Å². The van der Waals surface area contributed by atoms with Crippen LogP contribution in [0.25, 0.3) is 0 Å². The van der Waals surface area contributed by atoms with Crippen LogP contribution in [-0.2, 0) is 14.3 Å². The Hall–Kier alpha value is -1.10. The summed E-state index contributed by atoms with van der Waals surface area (Å²) in [6.07, 6.45) is 5.13. The fourth-order valence-corrected chi connectivity index (χ4v) is 2.59. The van der Waals surface area contributed by atoms with Gasteiger partial charge in [0.15, 0.2) is 0 Å². The summed E-state index contributed by atoms with van der Waals surface area (Å²) in [5.41, 5.74) is -0.437. The van der Waals surface area contributed by atoms with E-state index in [1.807, 2.05) is 20.8 Å². The van der Waals surface area contributed by atoms with E-state index >= 15 is 0 Å². The minimum atomic E-state index is -0.713. The van der Waals surface area contributed by atoms with Gasteiger partial charge in [0.1, 0.15) is 5.60 Å². The van der Waals surface area contributed by atoms with Gasteiger partial charge in [-0.05, 0) is 58.8 Å². The first kappa shape index (κ1) is 17.0. The summed E-state index contributed by atoms with van der Waals surface area (Å²) in [5, 5.41) is 11.9. The number of hydrogen-bond acceptors (Lipinski definition) is 4. The zero-order valence-electron chi connectivity index (χ0n) is 12.8. The predicted octanol–water partition coefficient (Wildman–Crippen LogP) is 2.34. The van der Waals surface area contributed by atoms with Crippen molar-refractivity contribution in [3.8, 4) is 0 Å². The smallest absolute Gasteiger partial charge is 0.320 e. The Kier molecular flexibility index (Phi) is 6.46. The van der Waals surface area contributed by atoms with Gasteiger partial charge in [-0.2, -0.15) is 0 Å². The molecule has 0 aromatic heterocycles. The second kappa shape index (κ2) is 7.62. The second-order valence-corrected chi connectivity index (χ2v) is 6.62. The molecule has 0 aliphatic heterocycles. The Morgan fingerprint density at radius 1 is 1.20 bits per heavy atom. The van der Waals surface area contributed by atoms with Gasteiger partial charge in [-0.25, -0.2) is 0 Å². The zero-order chi connectivity index (χ0) is 15.2. The first-order valence-corrected chi connectivity index (χ1v) is 7.43. The van der Waals surface area contributed by atoms with Crippen LogP contribution < -0.4 is 5.32 Å². The Morgan fingerprint density at radius 2 is 1.80 bits per heavy atom. The summed E-state index contributed by atoms with van der Waals surface area (Å²) < 4.78 is 5.25. The van der Waals surface area contributed by atoms with Gasteiger partial charge < -0.3 is 15.2 Å². The van der Waals surface area contributed by atoms with E-state index in [0.717, 1.165) is 32.1 Å². The zero-order valence-corrected chi connectivity index (χ0v) is 12.8. The minimum absolute atomic E-state index is 0.217. The van der Waals surface area contributed by atoms with Crippen molar-refractivity contribution in [1.82, 2.24) is 5.32 Å². The molecule has 0 heterocycles. The van der Waals surface area contributed by atoms with Crippen LogP contribution in [-0.4, -0.2) is 35.2 Å². The lowest BCUT2D eigenvalue weighted by Crippen LogP contribution is -2.39. The van der Waals surface area contributed by atoms with Gasteiger partial charge in [-0.1, -0.05) is 0 Å². The molecule has 0 spiro atoms. The quantitative estimate of drug-likeness (QED) is 0.733. The van der Waals surface area contributed by atoms with Gasteiger partial charge >= 0.3 is 11.9 Å². The number of hydrogen-bond donors (Lipinski definition) is 2. The Morgan fingerprint density at radius 3 is 2.30 bits per heavy atom. The van der Waals surface area contributed by atoms with Crippen LogP contribution in [0.5, 0.6) is 0 Å². The third kappa shape index (κ3) is 7.48. The Balaban J connectivity index is 2.16. The average molecular weight is 285 g/mol. The van der Waals surface area contributed by atoms with E-state index in [9.17, 15) is 9.59 Å². The van der Waals surface area contributed by atoms with Crippen molar-refractivity contribution < 1.29 is 19.4 Å². The molecule has 20 heavy (non-hydrogen) atoms. The molecule has 0 bridgehead atoms. The maximum absolute atomic E-state index is 11.6. The fraction of sp³-hybridized carbons (Fsp3) is 0.867. The molecule has 5 heteroatoms. The van der Waals surface area contributed by atoms with Crippen LogP contribution >= 0.6 is 0 Å². The van der Waals surface area contributed by atoms with E-state index in [1.165, 1.54) is 0 Å². The van der Waals surface area contributed by atoms with Gasteiger partial charge in [-0.15, -0.1) is 0 Å². The third-order valence-electron chi connectivity index (χ3n) is 3.57. The standard InChI is InChI=1S/C15H27NO4/c1-15(2,3)20-14(19)10-16-12-7-4-11(5-8-12)6-9-13(17)18/h11-12,16H,4-10H2,1-3H3,(H,17,18). The lowest BCUT2D eigenvalue weighted by atomic mass is 9.83. The number of carboxylic acids is 1. The number of nitrogens with one attached hydrogen (secondary N) is 1. The van der Waals surface area contributed by atoms with Crippen molar-refractivity contribution in [2.75, 3.05) is 6.54 Å². The van der Waals surface area contributed by atoms with Crippen LogP contribution in [0, 0.1) is 5.92 Å². The van der Waals surface area contributed by atoms with Crippen LogP contribution in [0.3, 0.4) is 0 Å². The number of ether oxygens (including phenoxy) is 1. The maximum Gasteiger partial charge on any atom is 0.320 e. The van der Waals surface area contributed by atoms with E-state index in [1.54, 1.807) is 0 Å². The lowest BCUT2D eigenvalue weighted by Gasteiger charge is -2.29. The molecule has 5 nitrogen and oxygen atoms in total. The maximum atomic E-state index is 11.6. The first-order valence-electron chi connectivity index (χ1n) is 7.43. The van der Waals surface area contributed by atoms with E-state index < -0.39 is 11.6 Å². The second-order valence-electron chi connectivity index (χ2n) is 6.62. The molecule has 0 radical (unpaired) electrons. The van der Waals surface area contributed by atoms with E-state index in [-0.39, 0.29) is 18.9 Å². The van der Waals surface area contributed by atoms with Crippen molar-refractivity contribution in [2.24, 2.45) is 5.92 Å². The number of carbonyl (C=O) groups is 2. The largest absolute Gasteiger partial charge is 0.481 e. The molecular formula is C15H27NO4. The Bertz CT molecular complexity index is 327. The number of aliphatic carboxylic acids is 1. The van der Waals surface area contributed by atoms with Crippen molar-refractivity contribution in [3.05, 3.63) is 0 Å². The molecule has 1 fully saturated rings. The number of rotatable bonds is 6. The summed E-state index contributed by atoms with van der Waals surface area (Å²) in [6, 6.07) is 0.351. The monoisotopic (exact) mass is 285 g/mol. The Labute approximate surface area is 121 Å². The van der Waals surface area contributed by atoms with E-state index in [2.05, 4.69) is 5.32 Å². The van der Waals surface area contributed by atoms with Crippen molar-refractivity contribution >= 4 is 11.9 Å². The molecular weight excluding hydrogens is 258 g/mol. The van der Waals surface area contributed by atoms with Crippen molar-refractivity contribution in [2.45, 2.75) is 70.9 Å². The van der Waals surface area contributed by atoms with Crippen LogP contribution in [0.2, 0.25) is 0 Å². The van der Waals surface area contributed by atoms with Crippen molar-refractivity contribution in [3.63, 3.8) is 0 Å². The molecule has 0 amide bonds. The highest BCUT2D eigenvalue weighted by Crippen LogP contribution is 2.27. The van der Waals surface area contributed by atoms with Gasteiger partial charge in [0.05, 0.1) is 6.54 Å². The van der Waals surface area contributed by atoms with Gasteiger partial charge in [-0.3, -0.25) is 9.59 Å². The van der Waals surface area contributed by atoms with Crippen LogP contribution in [0.4, 0.5) is 0 Å². The predicted molar refractivity (Wildman–Crippen MR) is 76.5 cm³/mol. The summed E-state index contributed by atoms with van der Waals surface area (Å²) in [4.78, 5) is 22.1. The third-order valence-corrected chi connectivity index (χ3v) is 3.57. The first-order chi connectivity index (χ1) is 9.26. The number of esters is 1. The van der Waals surface area contributed by atoms with Crippen LogP contribution in [0.15, 0.2) is 0 Å². The molecule has 1 aliphatic rings. The molecule has 0 unspecified atom stereocenters. The highest BCUT2D eigenvalue weighted by Gasteiger charge is 2.23. The van der Waals surface area contributed by atoms with Crippen LogP contribution in [0.1, 0.15) is 59.3 Å². The highest BCUT2D eigenvalue weighted by molar-refractivity contribution is 5.72. The number of carbonyl (C=O) groups excluding carboxylic acids is 1. The number of carboxylic acid groups (broad SMARTS) is 1. The highest BCUT2D eigenvalue weighted by atomic mass is 16.6. The molecule has 0 aromatic rings. The molecule has 116 valence electrons. The molecule has 2 N–H and O–H groups in total. The van der Waals surface area contributed by atoms with E-state index in [4.69, 9.17) is 9.84 Å². The van der Waals surface area contributed by atoms with E-state index in [0.29, 0.717) is 12.0 Å². The average Bonchev–Trinajstić information content (AvgIpc) is 2.33. The van der Waals surface area contributed by atoms with Crippen molar-refractivity contribution in [1.29, 1.82) is 0 Å². The molecule has 1 rings (SSSR count). The lowest BCUT2D eigenvalue weighted by molar-refractivity contribution is -0.153. The van der Waals surface area contributed by atoms with Gasteiger partial charge in [0, 0.05) is 12.5 Å². The minimum Gasteiger partial charge on any atom is -0.481 e. The molecule has 1 saturated carbocycles. The normalized spacial score (nSPS) is 23.4. The summed E-state index contributed by atoms with van der Waals surface area (Å²) in [5.74, 6) is -0.411. The molecule has 1 aliphatic carbocycles. The van der Waals surface area contributed by atoms with Gasteiger partial charge in [0.2, 0.25) is 0 Å². The summed E-state index contributed by atoms with van der Waals surface area (Å²) >= 11 is 0. The molecule has 0 atom stereocenters. The topological polar surface area (TPSA) is 75.6 Å². The summed E-state index contributed by atoms with van der Waals surface area (Å²) in [6.45, 7) is 5.83. The molecule has 0 saturated heterocycles. The summed E-state index contributed by atoms with van der Waals surface area (Å²) in [7, 11) is 0.